The summed E-state index contributed by atoms with van der Waals surface area (Å²) in [4.78, 5) is 14.0. The number of nitrogens with one attached hydrogen (secondary N) is 1. The number of hydrogen-bond donors (Lipinski definition) is 1. The van der Waals surface area contributed by atoms with Gasteiger partial charge in [0.25, 0.3) is 0 Å². The van der Waals surface area contributed by atoms with Crippen LogP contribution in [-0.2, 0) is 11.3 Å². The first-order valence-electron chi connectivity index (χ1n) is 9.53. The summed E-state index contributed by atoms with van der Waals surface area (Å²) in [5, 5.41) is 3.41. The summed E-state index contributed by atoms with van der Waals surface area (Å²) in [6.07, 6.45) is 5.59. The minimum absolute atomic E-state index is 0. The van der Waals surface area contributed by atoms with Crippen molar-refractivity contribution < 1.29 is 4.74 Å². The van der Waals surface area contributed by atoms with Gasteiger partial charge < -0.3 is 19.9 Å². The molecular formula is C19H32IN5O. The van der Waals surface area contributed by atoms with Gasteiger partial charge in [0.2, 0.25) is 0 Å². The van der Waals surface area contributed by atoms with Crippen molar-refractivity contribution in [3.63, 3.8) is 0 Å². The number of halogens is 1. The van der Waals surface area contributed by atoms with E-state index < -0.39 is 0 Å². The van der Waals surface area contributed by atoms with Gasteiger partial charge in [-0.1, -0.05) is 0 Å². The normalized spacial score (nSPS) is 20.2. The standard InChI is InChI=1S/C19H31N5O.HI/c1-3-20-19(23(2)14-17-7-11-25-15-17)22-13-16-6-8-21-18(12-16)24-9-4-5-10-24;/h6,8,12,17H,3-5,7,9-11,13-15H2,1-2H3,(H,20,22);1H. The summed E-state index contributed by atoms with van der Waals surface area (Å²) in [5.74, 6) is 2.66. The SMILES string of the molecule is CCNC(=NCc1ccnc(N2CCCC2)c1)N(C)CC1CCOC1.I. The van der Waals surface area contributed by atoms with Crippen LogP contribution in [0.4, 0.5) is 5.82 Å². The Kier molecular flexibility index (Phi) is 8.90. The molecule has 1 atom stereocenters. The minimum atomic E-state index is 0. The fourth-order valence-corrected chi connectivity index (χ4v) is 3.52. The minimum Gasteiger partial charge on any atom is -0.381 e. The van der Waals surface area contributed by atoms with Crippen LogP contribution in [-0.4, -0.2) is 62.3 Å². The van der Waals surface area contributed by atoms with Crippen LogP contribution in [0.1, 0.15) is 31.7 Å². The zero-order valence-corrected chi connectivity index (χ0v) is 18.3. The summed E-state index contributed by atoms with van der Waals surface area (Å²) in [5.41, 5.74) is 1.21. The van der Waals surface area contributed by atoms with Crippen molar-refractivity contribution in [1.82, 2.24) is 15.2 Å². The number of guanidine groups is 1. The average molecular weight is 473 g/mol. The number of ether oxygens (including phenoxy) is 1. The van der Waals surface area contributed by atoms with E-state index in [0.717, 1.165) is 57.6 Å². The van der Waals surface area contributed by atoms with E-state index in [4.69, 9.17) is 9.73 Å². The second kappa shape index (κ2) is 10.9. The molecule has 1 N–H and O–H groups in total. The van der Waals surface area contributed by atoms with Crippen molar-refractivity contribution in [1.29, 1.82) is 0 Å². The zero-order chi connectivity index (χ0) is 17.5. The van der Waals surface area contributed by atoms with Crippen molar-refractivity contribution in [3.05, 3.63) is 23.9 Å². The molecule has 3 heterocycles. The third kappa shape index (κ3) is 5.97. The van der Waals surface area contributed by atoms with Crippen molar-refractivity contribution >= 4 is 35.8 Å². The van der Waals surface area contributed by atoms with E-state index in [-0.39, 0.29) is 24.0 Å². The number of pyridine rings is 1. The lowest BCUT2D eigenvalue weighted by molar-refractivity contribution is 0.181. The lowest BCUT2D eigenvalue weighted by Gasteiger charge is -2.24. The molecule has 1 aromatic heterocycles. The molecule has 0 amide bonds. The molecule has 6 nitrogen and oxygen atoms in total. The Morgan fingerprint density at radius 2 is 2.23 bits per heavy atom. The largest absolute Gasteiger partial charge is 0.381 e. The first-order chi connectivity index (χ1) is 12.3. The van der Waals surface area contributed by atoms with Gasteiger partial charge in [-0.15, -0.1) is 24.0 Å². The molecule has 2 aliphatic heterocycles. The monoisotopic (exact) mass is 473 g/mol. The van der Waals surface area contributed by atoms with Gasteiger partial charge in [-0.2, -0.15) is 0 Å². The number of anilines is 1. The molecule has 26 heavy (non-hydrogen) atoms. The van der Waals surface area contributed by atoms with Crippen molar-refractivity contribution in [3.8, 4) is 0 Å². The molecule has 0 aromatic carbocycles. The summed E-state index contributed by atoms with van der Waals surface area (Å²) >= 11 is 0. The molecule has 0 bridgehead atoms. The Labute approximate surface area is 174 Å². The number of aromatic nitrogens is 1. The van der Waals surface area contributed by atoms with Crippen LogP contribution in [0.2, 0.25) is 0 Å². The average Bonchev–Trinajstić information content (AvgIpc) is 3.32. The van der Waals surface area contributed by atoms with Gasteiger partial charge in [-0.3, -0.25) is 0 Å². The number of nitrogens with zero attached hydrogens (tertiary/aromatic N) is 4. The fourth-order valence-electron chi connectivity index (χ4n) is 3.52. The van der Waals surface area contributed by atoms with E-state index in [1.807, 2.05) is 6.20 Å². The molecule has 7 heteroatoms. The van der Waals surface area contributed by atoms with Crippen molar-refractivity contribution in [2.45, 2.75) is 32.7 Å². The molecule has 0 radical (unpaired) electrons. The molecule has 0 aliphatic carbocycles. The third-order valence-electron chi connectivity index (χ3n) is 4.90. The van der Waals surface area contributed by atoms with Crippen LogP contribution in [0.5, 0.6) is 0 Å². The Bertz CT molecular complexity index is 571. The highest BCUT2D eigenvalue weighted by atomic mass is 127. The van der Waals surface area contributed by atoms with E-state index in [2.05, 4.69) is 46.2 Å². The van der Waals surface area contributed by atoms with Gasteiger partial charge in [0.15, 0.2) is 5.96 Å². The number of aliphatic imine (C=N–C) groups is 1. The maximum absolute atomic E-state index is 5.49. The molecule has 3 rings (SSSR count). The number of hydrogen-bond acceptors (Lipinski definition) is 4. The summed E-state index contributed by atoms with van der Waals surface area (Å²) in [6.45, 7) is 8.65. The van der Waals surface area contributed by atoms with Gasteiger partial charge in [0, 0.05) is 51.9 Å². The molecule has 0 spiro atoms. The Balaban J connectivity index is 0.00000243. The second-order valence-corrected chi connectivity index (χ2v) is 7.00. The van der Waals surface area contributed by atoms with Crippen LogP contribution in [0, 0.1) is 5.92 Å². The molecule has 1 aromatic rings. The molecule has 2 aliphatic rings. The molecule has 2 saturated heterocycles. The van der Waals surface area contributed by atoms with Gasteiger partial charge in [0.05, 0.1) is 13.2 Å². The fraction of sp³-hybridized carbons (Fsp3) is 0.684. The van der Waals surface area contributed by atoms with Crippen LogP contribution in [0.25, 0.3) is 0 Å². The number of rotatable bonds is 6. The van der Waals surface area contributed by atoms with E-state index in [1.54, 1.807) is 0 Å². The van der Waals surface area contributed by atoms with Crippen LogP contribution in [0.3, 0.4) is 0 Å². The van der Waals surface area contributed by atoms with E-state index in [9.17, 15) is 0 Å². The van der Waals surface area contributed by atoms with Crippen LogP contribution < -0.4 is 10.2 Å². The third-order valence-corrected chi connectivity index (χ3v) is 4.90. The first kappa shape index (κ1) is 21.2. The summed E-state index contributed by atoms with van der Waals surface area (Å²) in [7, 11) is 2.11. The Morgan fingerprint density at radius 3 is 2.92 bits per heavy atom. The van der Waals surface area contributed by atoms with E-state index >= 15 is 0 Å². The lowest BCUT2D eigenvalue weighted by Crippen LogP contribution is -2.41. The predicted octanol–water partition coefficient (Wildman–Crippen LogP) is 2.73. The van der Waals surface area contributed by atoms with Gasteiger partial charge >= 0.3 is 0 Å². The highest BCUT2D eigenvalue weighted by Crippen LogP contribution is 2.19. The first-order valence-corrected chi connectivity index (χ1v) is 9.53. The quantitative estimate of drug-likeness (QED) is 0.391. The Morgan fingerprint density at radius 1 is 1.42 bits per heavy atom. The van der Waals surface area contributed by atoms with E-state index in [1.165, 1.54) is 18.4 Å². The lowest BCUT2D eigenvalue weighted by atomic mass is 10.1. The molecule has 1 unspecified atom stereocenters. The zero-order valence-electron chi connectivity index (χ0n) is 16.0. The van der Waals surface area contributed by atoms with Gasteiger partial charge in [0.1, 0.15) is 5.82 Å². The van der Waals surface area contributed by atoms with Crippen LogP contribution >= 0.6 is 24.0 Å². The Hall–Kier alpha value is -1.09. The molecule has 0 saturated carbocycles. The van der Waals surface area contributed by atoms with E-state index in [0.29, 0.717) is 12.5 Å². The summed E-state index contributed by atoms with van der Waals surface area (Å²) in [6, 6.07) is 4.25. The predicted molar refractivity (Wildman–Crippen MR) is 117 cm³/mol. The summed E-state index contributed by atoms with van der Waals surface area (Å²) < 4.78 is 5.49. The van der Waals surface area contributed by atoms with Gasteiger partial charge in [-0.25, -0.2) is 9.98 Å². The molecule has 146 valence electrons. The molecule has 2 fully saturated rings. The van der Waals surface area contributed by atoms with Crippen molar-refractivity contribution in [2.75, 3.05) is 51.3 Å². The maximum atomic E-state index is 5.49. The smallest absolute Gasteiger partial charge is 0.193 e. The van der Waals surface area contributed by atoms with Gasteiger partial charge in [-0.05, 0) is 43.9 Å². The highest BCUT2D eigenvalue weighted by Gasteiger charge is 2.19. The second-order valence-electron chi connectivity index (χ2n) is 7.00. The topological polar surface area (TPSA) is 53.0 Å². The highest BCUT2D eigenvalue weighted by molar-refractivity contribution is 14.0. The molecular weight excluding hydrogens is 441 g/mol. The van der Waals surface area contributed by atoms with Crippen LogP contribution in [0.15, 0.2) is 23.3 Å². The van der Waals surface area contributed by atoms with Crippen molar-refractivity contribution in [2.24, 2.45) is 10.9 Å². The maximum Gasteiger partial charge on any atom is 0.193 e.